The maximum absolute atomic E-state index is 12.3. The van der Waals surface area contributed by atoms with Crippen LogP contribution in [0.3, 0.4) is 0 Å². The fraction of sp³-hybridized carbons (Fsp3) is 0.562. The summed E-state index contributed by atoms with van der Waals surface area (Å²) in [4.78, 5) is 14.5. The monoisotopic (exact) mass is 276 g/mol. The predicted octanol–water partition coefficient (Wildman–Crippen LogP) is 2.21. The Morgan fingerprint density at radius 2 is 2.10 bits per heavy atom. The molecule has 4 heteroatoms. The van der Waals surface area contributed by atoms with Gasteiger partial charge in [-0.05, 0) is 51.1 Å². The second-order valence-corrected chi connectivity index (χ2v) is 5.60. The number of rotatable bonds is 4. The van der Waals surface area contributed by atoms with Crippen molar-refractivity contribution in [3.63, 3.8) is 0 Å². The van der Waals surface area contributed by atoms with Gasteiger partial charge in [0, 0.05) is 6.54 Å². The van der Waals surface area contributed by atoms with Gasteiger partial charge in [0.1, 0.15) is 5.75 Å². The Morgan fingerprint density at radius 3 is 2.70 bits per heavy atom. The van der Waals surface area contributed by atoms with Crippen molar-refractivity contribution in [3.8, 4) is 5.75 Å². The van der Waals surface area contributed by atoms with Crippen LogP contribution in [0.2, 0.25) is 0 Å². The van der Waals surface area contributed by atoms with Gasteiger partial charge in [-0.2, -0.15) is 0 Å². The van der Waals surface area contributed by atoms with E-state index in [1.54, 1.807) is 7.11 Å². The summed E-state index contributed by atoms with van der Waals surface area (Å²) < 4.78 is 5.14. The smallest absolute Gasteiger partial charge is 0.224 e. The van der Waals surface area contributed by atoms with Crippen molar-refractivity contribution in [3.05, 3.63) is 29.8 Å². The molecule has 0 bridgehead atoms. The average Bonchev–Trinajstić information content (AvgIpc) is 2.47. The number of carbonyl (C=O) groups is 1. The first-order chi connectivity index (χ1) is 9.60. The fourth-order valence-electron chi connectivity index (χ4n) is 2.69. The Kier molecular flexibility index (Phi) is 5.01. The number of benzene rings is 1. The minimum Gasteiger partial charge on any atom is -0.497 e. The Morgan fingerprint density at radius 1 is 1.40 bits per heavy atom. The van der Waals surface area contributed by atoms with Crippen molar-refractivity contribution in [1.82, 2.24) is 10.2 Å². The molecule has 0 spiro atoms. The van der Waals surface area contributed by atoms with Crippen molar-refractivity contribution >= 4 is 5.91 Å². The van der Waals surface area contributed by atoms with Crippen molar-refractivity contribution in [2.75, 3.05) is 27.2 Å². The van der Waals surface area contributed by atoms with Crippen molar-refractivity contribution < 1.29 is 9.53 Å². The van der Waals surface area contributed by atoms with Gasteiger partial charge >= 0.3 is 0 Å². The summed E-state index contributed by atoms with van der Waals surface area (Å²) in [5.74, 6) is 1.12. The molecule has 4 nitrogen and oxygen atoms in total. The van der Waals surface area contributed by atoms with E-state index in [-0.39, 0.29) is 17.9 Å². The van der Waals surface area contributed by atoms with Gasteiger partial charge in [-0.3, -0.25) is 4.79 Å². The van der Waals surface area contributed by atoms with Crippen LogP contribution in [0.4, 0.5) is 0 Å². The van der Waals surface area contributed by atoms with Gasteiger partial charge in [0.2, 0.25) is 5.91 Å². The summed E-state index contributed by atoms with van der Waals surface area (Å²) in [5.41, 5.74) is 1.10. The molecule has 1 aliphatic heterocycles. The molecule has 1 N–H and O–H groups in total. The van der Waals surface area contributed by atoms with Crippen molar-refractivity contribution in [2.24, 2.45) is 5.92 Å². The van der Waals surface area contributed by atoms with E-state index in [0.29, 0.717) is 0 Å². The van der Waals surface area contributed by atoms with Gasteiger partial charge in [0.15, 0.2) is 0 Å². The highest BCUT2D eigenvalue weighted by molar-refractivity contribution is 5.79. The van der Waals surface area contributed by atoms with Crippen LogP contribution in [0, 0.1) is 5.92 Å². The number of nitrogens with one attached hydrogen (secondary N) is 1. The molecule has 110 valence electrons. The van der Waals surface area contributed by atoms with E-state index in [1.807, 2.05) is 31.2 Å². The van der Waals surface area contributed by atoms with Gasteiger partial charge in [0.05, 0.1) is 19.1 Å². The van der Waals surface area contributed by atoms with Crippen LogP contribution >= 0.6 is 0 Å². The molecule has 1 aliphatic rings. The quantitative estimate of drug-likeness (QED) is 0.917. The summed E-state index contributed by atoms with van der Waals surface area (Å²) in [5, 5.41) is 3.12. The molecule has 1 saturated heterocycles. The zero-order chi connectivity index (χ0) is 14.5. The van der Waals surface area contributed by atoms with Crippen LogP contribution in [0.5, 0.6) is 5.75 Å². The Labute approximate surface area is 121 Å². The maximum Gasteiger partial charge on any atom is 0.224 e. The van der Waals surface area contributed by atoms with Gasteiger partial charge in [0.25, 0.3) is 0 Å². The second kappa shape index (κ2) is 6.75. The molecule has 1 amide bonds. The first-order valence-electron chi connectivity index (χ1n) is 7.23. The topological polar surface area (TPSA) is 41.6 Å². The summed E-state index contributed by atoms with van der Waals surface area (Å²) in [6, 6.07) is 7.87. The SMILES string of the molecule is COc1ccc([C@H](C)NC(=O)[C@H]2CCCN(C)C2)cc1. The largest absolute Gasteiger partial charge is 0.497 e. The third kappa shape index (κ3) is 3.73. The number of amides is 1. The standard InChI is InChI=1S/C16H24N2O2/c1-12(13-6-8-15(20-3)9-7-13)17-16(19)14-5-4-10-18(2)11-14/h6-9,12,14H,4-5,10-11H2,1-3H3,(H,17,19)/t12-,14-/m0/s1. The molecule has 0 aromatic heterocycles. The third-order valence-corrected chi connectivity index (χ3v) is 3.97. The Hall–Kier alpha value is -1.55. The molecule has 1 aromatic carbocycles. The molecular weight excluding hydrogens is 252 g/mol. The van der Waals surface area contributed by atoms with Crippen LogP contribution in [-0.2, 0) is 4.79 Å². The zero-order valence-corrected chi connectivity index (χ0v) is 12.6. The number of ether oxygens (including phenoxy) is 1. The van der Waals surface area contributed by atoms with Crippen LogP contribution in [0.1, 0.15) is 31.4 Å². The molecule has 2 atom stereocenters. The summed E-state index contributed by atoms with van der Waals surface area (Å²) in [7, 11) is 3.73. The molecule has 0 radical (unpaired) electrons. The fourth-order valence-corrected chi connectivity index (χ4v) is 2.69. The molecular formula is C16H24N2O2. The first-order valence-corrected chi connectivity index (χ1v) is 7.23. The van der Waals surface area contributed by atoms with E-state index in [0.717, 1.165) is 37.2 Å². The number of piperidine rings is 1. The highest BCUT2D eigenvalue weighted by Gasteiger charge is 2.24. The van der Waals surface area contributed by atoms with E-state index in [2.05, 4.69) is 17.3 Å². The number of methoxy groups -OCH3 is 1. The number of hydrogen-bond donors (Lipinski definition) is 1. The van der Waals surface area contributed by atoms with Crippen molar-refractivity contribution in [2.45, 2.75) is 25.8 Å². The Bertz CT molecular complexity index is 444. The summed E-state index contributed by atoms with van der Waals surface area (Å²) in [6.45, 7) is 3.98. The molecule has 1 aromatic rings. The molecule has 0 saturated carbocycles. The lowest BCUT2D eigenvalue weighted by atomic mass is 9.97. The van der Waals surface area contributed by atoms with Gasteiger partial charge in [-0.25, -0.2) is 0 Å². The second-order valence-electron chi connectivity index (χ2n) is 5.60. The Balaban J connectivity index is 1.92. The van der Waals surface area contributed by atoms with E-state index < -0.39 is 0 Å². The summed E-state index contributed by atoms with van der Waals surface area (Å²) in [6.07, 6.45) is 2.09. The predicted molar refractivity (Wildman–Crippen MR) is 79.8 cm³/mol. The molecule has 0 aliphatic carbocycles. The van der Waals surface area contributed by atoms with Gasteiger partial charge < -0.3 is 15.0 Å². The minimum atomic E-state index is 0.0284. The van der Waals surface area contributed by atoms with Gasteiger partial charge in [-0.1, -0.05) is 12.1 Å². The lowest BCUT2D eigenvalue weighted by molar-refractivity contribution is -0.127. The molecule has 1 fully saturated rings. The van der Waals surface area contributed by atoms with Crippen LogP contribution in [0.25, 0.3) is 0 Å². The van der Waals surface area contributed by atoms with E-state index in [4.69, 9.17) is 4.74 Å². The lowest BCUT2D eigenvalue weighted by Gasteiger charge is -2.29. The zero-order valence-electron chi connectivity index (χ0n) is 12.6. The van der Waals surface area contributed by atoms with Crippen LogP contribution in [-0.4, -0.2) is 38.1 Å². The average molecular weight is 276 g/mol. The summed E-state index contributed by atoms with van der Waals surface area (Å²) >= 11 is 0. The maximum atomic E-state index is 12.3. The molecule has 20 heavy (non-hydrogen) atoms. The normalized spacial score (nSPS) is 21.2. The number of hydrogen-bond acceptors (Lipinski definition) is 3. The van der Waals surface area contributed by atoms with Gasteiger partial charge in [-0.15, -0.1) is 0 Å². The highest BCUT2D eigenvalue weighted by Crippen LogP contribution is 2.20. The number of carbonyl (C=O) groups excluding carboxylic acids is 1. The third-order valence-electron chi connectivity index (χ3n) is 3.97. The van der Waals surface area contributed by atoms with Crippen LogP contribution in [0.15, 0.2) is 24.3 Å². The number of nitrogens with zero attached hydrogens (tertiary/aromatic N) is 1. The minimum absolute atomic E-state index is 0.0284. The molecule has 1 heterocycles. The van der Waals surface area contributed by atoms with Crippen molar-refractivity contribution in [1.29, 1.82) is 0 Å². The first kappa shape index (κ1) is 14.9. The number of likely N-dealkylation sites (tertiary alicyclic amines) is 1. The van der Waals surface area contributed by atoms with E-state index >= 15 is 0 Å². The molecule has 0 unspecified atom stereocenters. The van der Waals surface area contributed by atoms with E-state index in [1.165, 1.54) is 0 Å². The van der Waals surface area contributed by atoms with E-state index in [9.17, 15) is 4.79 Å². The molecule has 2 rings (SSSR count). The lowest BCUT2D eigenvalue weighted by Crippen LogP contribution is -2.42. The highest BCUT2D eigenvalue weighted by atomic mass is 16.5. The van der Waals surface area contributed by atoms with Crippen LogP contribution < -0.4 is 10.1 Å².